The summed E-state index contributed by atoms with van der Waals surface area (Å²) in [4.78, 5) is 27.9. The van der Waals surface area contributed by atoms with Gasteiger partial charge in [-0.3, -0.25) is 14.2 Å². The van der Waals surface area contributed by atoms with Crippen LogP contribution in [0.5, 0.6) is 5.75 Å². The van der Waals surface area contributed by atoms with Gasteiger partial charge in [0.25, 0.3) is 5.91 Å². The number of amides is 2. The molecule has 1 aliphatic rings. The van der Waals surface area contributed by atoms with Crippen LogP contribution in [0, 0.1) is 0 Å². The fraction of sp³-hybridized carbons (Fsp3) is 0.150. The normalized spacial score (nSPS) is 15.6. The van der Waals surface area contributed by atoms with E-state index in [-0.39, 0.29) is 24.9 Å². The molecule has 0 spiro atoms. The summed E-state index contributed by atoms with van der Waals surface area (Å²) < 4.78 is 7.21. The minimum absolute atomic E-state index is 0.100. The number of ether oxygens (including phenoxy) is 1. The Kier molecular flexibility index (Phi) is 4.75. The van der Waals surface area contributed by atoms with E-state index in [0.29, 0.717) is 16.6 Å². The number of benzene rings is 2. The number of rotatable bonds is 5. The zero-order valence-corrected chi connectivity index (χ0v) is 15.5. The number of aromatic nitrogens is 2. The summed E-state index contributed by atoms with van der Waals surface area (Å²) in [6.07, 6.45) is 1.95. The molecule has 142 valence electrons. The molecule has 0 aliphatic carbocycles. The topological polar surface area (TPSA) is 99.2 Å². The average molecular weight is 397 g/mol. The van der Waals surface area contributed by atoms with Crippen molar-refractivity contribution in [2.75, 3.05) is 11.9 Å². The van der Waals surface area contributed by atoms with Crippen LogP contribution < -0.4 is 15.8 Å². The van der Waals surface area contributed by atoms with Crippen LogP contribution in [0.25, 0.3) is 5.69 Å². The summed E-state index contributed by atoms with van der Waals surface area (Å²) in [6.45, 7) is -0.203. The molecule has 1 aliphatic heterocycles. The molecule has 28 heavy (non-hydrogen) atoms. The van der Waals surface area contributed by atoms with Gasteiger partial charge in [0.15, 0.2) is 6.61 Å². The van der Waals surface area contributed by atoms with E-state index in [1.165, 1.54) is 0 Å². The quantitative estimate of drug-likeness (QED) is 0.692. The van der Waals surface area contributed by atoms with Crippen LogP contribution in [0.3, 0.4) is 0 Å². The zero-order valence-electron chi connectivity index (χ0n) is 14.8. The second-order valence-corrected chi connectivity index (χ2v) is 6.89. The first-order valence-corrected chi connectivity index (χ1v) is 9.03. The van der Waals surface area contributed by atoms with E-state index in [1.54, 1.807) is 30.6 Å². The predicted molar refractivity (Wildman–Crippen MR) is 105 cm³/mol. The Bertz CT molecular complexity index is 1050. The maximum absolute atomic E-state index is 12.4. The van der Waals surface area contributed by atoms with Gasteiger partial charge in [-0.05, 0) is 42.0 Å². The number of anilines is 1. The van der Waals surface area contributed by atoms with Crippen molar-refractivity contribution in [2.24, 2.45) is 5.73 Å². The van der Waals surface area contributed by atoms with Crippen molar-refractivity contribution in [3.63, 3.8) is 0 Å². The minimum atomic E-state index is -0.550. The SMILES string of the molecule is NC(=O)COc1cccc([C@H]2CC(=O)Nc3c2ncn3-c2ccc(Cl)cc2)c1. The number of hydrogen-bond acceptors (Lipinski definition) is 4. The van der Waals surface area contributed by atoms with E-state index in [1.807, 2.05) is 28.8 Å². The highest BCUT2D eigenvalue weighted by Gasteiger charge is 2.31. The minimum Gasteiger partial charge on any atom is -0.484 e. The summed E-state index contributed by atoms with van der Waals surface area (Å²) in [5.41, 5.74) is 7.62. The number of carbonyl (C=O) groups is 2. The van der Waals surface area contributed by atoms with E-state index in [4.69, 9.17) is 22.1 Å². The molecule has 7 nitrogen and oxygen atoms in total. The standard InChI is InChI=1S/C20H17ClN4O3/c21-13-4-6-14(7-5-13)25-11-23-19-16(9-18(27)24-20(19)25)12-2-1-3-15(8-12)28-10-17(22)26/h1-8,11,16H,9-10H2,(H2,22,26)(H,24,27)/t16-/m1/s1. The molecule has 0 fully saturated rings. The van der Waals surface area contributed by atoms with Crippen LogP contribution in [0.15, 0.2) is 54.9 Å². The monoisotopic (exact) mass is 396 g/mol. The van der Waals surface area contributed by atoms with Gasteiger partial charge in [0.2, 0.25) is 5.91 Å². The molecule has 2 heterocycles. The predicted octanol–water partition coefficient (Wildman–Crippen LogP) is 2.86. The van der Waals surface area contributed by atoms with Gasteiger partial charge in [-0.1, -0.05) is 23.7 Å². The molecule has 4 rings (SSSR count). The van der Waals surface area contributed by atoms with E-state index in [0.717, 1.165) is 16.9 Å². The van der Waals surface area contributed by atoms with Crippen molar-refractivity contribution < 1.29 is 14.3 Å². The third-order valence-corrected chi connectivity index (χ3v) is 4.77. The van der Waals surface area contributed by atoms with Gasteiger partial charge in [-0.2, -0.15) is 0 Å². The highest BCUT2D eigenvalue weighted by atomic mass is 35.5. The molecule has 0 saturated heterocycles. The van der Waals surface area contributed by atoms with Crippen LogP contribution in [-0.4, -0.2) is 28.0 Å². The van der Waals surface area contributed by atoms with Crippen molar-refractivity contribution in [2.45, 2.75) is 12.3 Å². The third-order valence-electron chi connectivity index (χ3n) is 4.52. The molecule has 2 aromatic carbocycles. The van der Waals surface area contributed by atoms with E-state index in [9.17, 15) is 9.59 Å². The summed E-state index contributed by atoms with van der Waals surface area (Å²) in [6, 6.07) is 14.5. The lowest BCUT2D eigenvalue weighted by Crippen LogP contribution is -2.25. The Morgan fingerprint density at radius 1 is 1.29 bits per heavy atom. The van der Waals surface area contributed by atoms with Crippen molar-refractivity contribution in [3.05, 3.63) is 71.1 Å². The summed E-state index contributed by atoms with van der Waals surface area (Å²) in [7, 11) is 0. The van der Waals surface area contributed by atoms with Gasteiger partial charge < -0.3 is 15.8 Å². The van der Waals surface area contributed by atoms with Crippen LogP contribution >= 0.6 is 11.6 Å². The molecule has 3 N–H and O–H groups in total. The molecule has 1 atom stereocenters. The number of fused-ring (bicyclic) bond motifs is 1. The summed E-state index contributed by atoms with van der Waals surface area (Å²) >= 11 is 5.97. The summed E-state index contributed by atoms with van der Waals surface area (Å²) in [5.74, 6) is 0.269. The van der Waals surface area contributed by atoms with E-state index in [2.05, 4.69) is 10.3 Å². The number of imidazole rings is 1. The van der Waals surface area contributed by atoms with E-state index < -0.39 is 5.91 Å². The number of nitrogens with zero attached hydrogens (tertiary/aromatic N) is 2. The largest absolute Gasteiger partial charge is 0.484 e. The molecule has 3 aromatic rings. The van der Waals surface area contributed by atoms with Crippen LogP contribution in [0.2, 0.25) is 5.02 Å². The van der Waals surface area contributed by atoms with Crippen LogP contribution in [0.1, 0.15) is 23.6 Å². The molecule has 1 aromatic heterocycles. The Labute approximate surface area is 166 Å². The van der Waals surface area contributed by atoms with Gasteiger partial charge in [0.1, 0.15) is 17.9 Å². The molecule has 0 radical (unpaired) electrons. The first kappa shape index (κ1) is 18.1. The second-order valence-electron chi connectivity index (χ2n) is 6.46. The zero-order chi connectivity index (χ0) is 19.7. The Morgan fingerprint density at radius 2 is 2.07 bits per heavy atom. The Hall–Kier alpha value is -3.32. The number of halogens is 1. The number of carbonyl (C=O) groups excluding carboxylic acids is 2. The van der Waals surface area contributed by atoms with Crippen molar-refractivity contribution in [3.8, 4) is 11.4 Å². The fourth-order valence-electron chi connectivity index (χ4n) is 3.26. The molecular formula is C20H17ClN4O3. The highest BCUT2D eigenvalue weighted by Crippen LogP contribution is 2.38. The van der Waals surface area contributed by atoms with Gasteiger partial charge in [0.05, 0.1) is 5.69 Å². The fourth-order valence-corrected chi connectivity index (χ4v) is 3.38. The third kappa shape index (κ3) is 3.57. The van der Waals surface area contributed by atoms with Crippen molar-refractivity contribution in [1.82, 2.24) is 9.55 Å². The van der Waals surface area contributed by atoms with Crippen LogP contribution in [-0.2, 0) is 9.59 Å². The number of nitrogens with one attached hydrogen (secondary N) is 1. The number of primary amides is 1. The molecule has 0 saturated carbocycles. The Morgan fingerprint density at radius 3 is 2.82 bits per heavy atom. The van der Waals surface area contributed by atoms with Gasteiger partial charge in [-0.25, -0.2) is 4.98 Å². The summed E-state index contributed by atoms with van der Waals surface area (Å²) in [5, 5.41) is 3.54. The van der Waals surface area contributed by atoms with Crippen molar-refractivity contribution in [1.29, 1.82) is 0 Å². The van der Waals surface area contributed by atoms with Crippen molar-refractivity contribution >= 4 is 29.2 Å². The lowest BCUT2D eigenvalue weighted by atomic mass is 9.89. The molecule has 8 heteroatoms. The van der Waals surface area contributed by atoms with E-state index >= 15 is 0 Å². The Balaban J connectivity index is 1.70. The molecule has 0 bridgehead atoms. The number of nitrogens with two attached hydrogens (primary N) is 1. The lowest BCUT2D eigenvalue weighted by Gasteiger charge is -2.23. The van der Waals surface area contributed by atoms with Gasteiger partial charge >= 0.3 is 0 Å². The maximum atomic E-state index is 12.4. The molecule has 0 unspecified atom stereocenters. The van der Waals surface area contributed by atoms with Gasteiger partial charge in [-0.15, -0.1) is 0 Å². The average Bonchev–Trinajstić information content (AvgIpc) is 3.10. The van der Waals surface area contributed by atoms with Gasteiger partial charge in [0, 0.05) is 23.0 Å². The second kappa shape index (κ2) is 7.36. The molecular weight excluding hydrogens is 380 g/mol. The maximum Gasteiger partial charge on any atom is 0.255 e. The number of hydrogen-bond donors (Lipinski definition) is 2. The lowest BCUT2D eigenvalue weighted by molar-refractivity contribution is -0.120. The highest BCUT2D eigenvalue weighted by molar-refractivity contribution is 6.30. The first-order valence-electron chi connectivity index (χ1n) is 8.65. The molecule has 2 amide bonds. The van der Waals surface area contributed by atoms with Crippen LogP contribution in [0.4, 0.5) is 5.82 Å². The smallest absolute Gasteiger partial charge is 0.255 e. The first-order chi connectivity index (χ1) is 13.5.